The van der Waals surface area contributed by atoms with Gasteiger partial charge >= 0.3 is 0 Å². The third kappa shape index (κ3) is 7.86. The fraction of sp³-hybridized carbons (Fsp3) is 0.682. The number of aryl methyl sites for hydroxylation is 1. The van der Waals surface area contributed by atoms with Crippen molar-refractivity contribution in [3.05, 3.63) is 29.3 Å². The number of nitrogens with one attached hydrogen (secondary N) is 2. The van der Waals surface area contributed by atoms with Gasteiger partial charge in [-0.25, -0.2) is 0 Å². The maximum Gasteiger partial charge on any atom is 0.191 e. The summed E-state index contributed by atoms with van der Waals surface area (Å²) in [4.78, 5) is 9.39. The van der Waals surface area contributed by atoms with E-state index in [1.54, 1.807) is 0 Å². The van der Waals surface area contributed by atoms with Crippen molar-refractivity contribution in [1.29, 1.82) is 0 Å². The lowest BCUT2D eigenvalue weighted by molar-refractivity contribution is 0.139. The van der Waals surface area contributed by atoms with Crippen molar-refractivity contribution in [3.63, 3.8) is 0 Å². The SMILES string of the molecule is CCN1CCN(CCNC(=NC)NCc2ccc(C)cc2OC2CCOC2)CC1.I. The predicted molar refractivity (Wildman–Crippen MR) is 133 cm³/mol. The standard InChI is InChI=1S/C22H37N5O2.HI/c1-4-26-10-12-27(13-11-26)9-8-24-22(23-3)25-16-19-6-5-18(2)15-21(19)29-20-7-14-28-17-20;/h5-6,15,20H,4,7-14,16-17H2,1-3H3,(H2,23,24,25);1H. The Balaban J connectivity index is 0.00000320. The quantitative estimate of drug-likeness (QED) is 0.305. The molecule has 0 bridgehead atoms. The zero-order valence-corrected chi connectivity index (χ0v) is 21.0. The lowest BCUT2D eigenvalue weighted by Gasteiger charge is -2.34. The smallest absolute Gasteiger partial charge is 0.191 e. The molecule has 0 amide bonds. The lowest BCUT2D eigenvalue weighted by Crippen LogP contribution is -2.49. The Morgan fingerprint density at radius 2 is 1.97 bits per heavy atom. The van der Waals surface area contributed by atoms with Crippen LogP contribution >= 0.6 is 24.0 Å². The Bertz CT molecular complexity index is 659. The highest BCUT2D eigenvalue weighted by atomic mass is 127. The molecule has 2 saturated heterocycles. The van der Waals surface area contributed by atoms with Crippen molar-refractivity contribution < 1.29 is 9.47 Å². The van der Waals surface area contributed by atoms with Gasteiger partial charge in [0, 0.05) is 64.8 Å². The van der Waals surface area contributed by atoms with E-state index in [-0.39, 0.29) is 30.1 Å². The second kappa shape index (κ2) is 13.3. The van der Waals surface area contributed by atoms with E-state index in [4.69, 9.17) is 9.47 Å². The van der Waals surface area contributed by atoms with Gasteiger partial charge in [0.2, 0.25) is 0 Å². The van der Waals surface area contributed by atoms with Crippen LogP contribution in [0.4, 0.5) is 0 Å². The normalized spacial score (nSPS) is 20.6. The number of rotatable bonds is 8. The summed E-state index contributed by atoms with van der Waals surface area (Å²) in [5, 5.41) is 6.86. The monoisotopic (exact) mass is 531 g/mol. The molecule has 2 fully saturated rings. The van der Waals surface area contributed by atoms with Crippen LogP contribution < -0.4 is 15.4 Å². The molecule has 1 aromatic carbocycles. The second-order valence-corrected chi connectivity index (χ2v) is 7.84. The van der Waals surface area contributed by atoms with Crippen molar-refractivity contribution in [2.24, 2.45) is 4.99 Å². The third-order valence-corrected chi connectivity index (χ3v) is 5.71. The summed E-state index contributed by atoms with van der Waals surface area (Å²) < 4.78 is 11.6. The number of aliphatic imine (C=N–C) groups is 1. The molecule has 7 nitrogen and oxygen atoms in total. The van der Waals surface area contributed by atoms with Crippen LogP contribution in [-0.2, 0) is 11.3 Å². The first-order valence-corrected chi connectivity index (χ1v) is 10.9. The Kier molecular flexibility index (Phi) is 11.2. The number of halogens is 1. The third-order valence-electron chi connectivity index (χ3n) is 5.71. The highest BCUT2D eigenvalue weighted by Crippen LogP contribution is 2.23. The van der Waals surface area contributed by atoms with Gasteiger partial charge in [0.05, 0.1) is 13.2 Å². The molecule has 8 heteroatoms. The first-order chi connectivity index (χ1) is 14.2. The minimum atomic E-state index is 0. The number of hydrogen-bond donors (Lipinski definition) is 2. The van der Waals surface area contributed by atoms with E-state index in [1.165, 1.54) is 18.7 Å². The second-order valence-electron chi connectivity index (χ2n) is 7.84. The largest absolute Gasteiger partial charge is 0.488 e. The van der Waals surface area contributed by atoms with Crippen molar-refractivity contribution in [3.8, 4) is 5.75 Å². The van der Waals surface area contributed by atoms with E-state index in [9.17, 15) is 0 Å². The van der Waals surface area contributed by atoms with Crippen LogP contribution in [0.1, 0.15) is 24.5 Å². The fourth-order valence-corrected chi connectivity index (χ4v) is 3.76. The van der Waals surface area contributed by atoms with Gasteiger partial charge in [-0.1, -0.05) is 19.1 Å². The molecule has 0 radical (unpaired) electrons. The number of piperazine rings is 1. The molecule has 2 heterocycles. The summed E-state index contributed by atoms with van der Waals surface area (Å²) in [6, 6.07) is 6.37. The molecule has 2 aliphatic rings. The Hall–Kier alpha value is -1.10. The molecule has 1 unspecified atom stereocenters. The van der Waals surface area contributed by atoms with Crippen LogP contribution in [0.5, 0.6) is 5.75 Å². The van der Waals surface area contributed by atoms with E-state index in [1.807, 2.05) is 7.05 Å². The zero-order chi connectivity index (χ0) is 20.5. The van der Waals surface area contributed by atoms with E-state index < -0.39 is 0 Å². The lowest BCUT2D eigenvalue weighted by atomic mass is 10.1. The molecule has 0 aromatic heterocycles. The minimum absolute atomic E-state index is 0. The molecule has 30 heavy (non-hydrogen) atoms. The van der Waals surface area contributed by atoms with Crippen LogP contribution in [0.15, 0.2) is 23.2 Å². The summed E-state index contributed by atoms with van der Waals surface area (Å²) in [6.45, 7) is 14.2. The summed E-state index contributed by atoms with van der Waals surface area (Å²) in [6.07, 6.45) is 1.11. The highest BCUT2D eigenvalue weighted by Gasteiger charge is 2.19. The molecular weight excluding hydrogens is 493 g/mol. The van der Waals surface area contributed by atoms with Gasteiger partial charge < -0.3 is 25.0 Å². The summed E-state index contributed by atoms with van der Waals surface area (Å²) in [7, 11) is 1.82. The van der Waals surface area contributed by atoms with Gasteiger partial charge in [-0.3, -0.25) is 9.89 Å². The molecule has 2 N–H and O–H groups in total. The summed E-state index contributed by atoms with van der Waals surface area (Å²) >= 11 is 0. The maximum absolute atomic E-state index is 6.20. The average molecular weight is 531 g/mol. The highest BCUT2D eigenvalue weighted by molar-refractivity contribution is 14.0. The van der Waals surface area contributed by atoms with E-state index in [0.717, 1.165) is 63.0 Å². The molecule has 1 atom stereocenters. The van der Waals surface area contributed by atoms with Gasteiger partial charge in [0.15, 0.2) is 5.96 Å². The number of likely N-dealkylation sites (N-methyl/N-ethyl adjacent to an activating group) is 1. The number of nitrogens with zero attached hydrogens (tertiary/aromatic N) is 3. The number of benzene rings is 1. The number of guanidine groups is 1. The molecular formula is C22H38IN5O2. The zero-order valence-electron chi connectivity index (χ0n) is 18.7. The minimum Gasteiger partial charge on any atom is -0.488 e. The fourth-order valence-electron chi connectivity index (χ4n) is 3.76. The summed E-state index contributed by atoms with van der Waals surface area (Å²) in [5.74, 6) is 1.77. The van der Waals surface area contributed by atoms with Gasteiger partial charge in [-0.2, -0.15) is 0 Å². The molecule has 0 aliphatic carbocycles. The van der Waals surface area contributed by atoms with E-state index in [2.05, 4.69) is 57.5 Å². The van der Waals surface area contributed by atoms with Crippen LogP contribution in [0.3, 0.4) is 0 Å². The number of ether oxygens (including phenoxy) is 2. The van der Waals surface area contributed by atoms with E-state index in [0.29, 0.717) is 13.2 Å². The average Bonchev–Trinajstić information content (AvgIpc) is 3.25. The van der Waals surface area contributed by atoms with E-state index >= 15 is 0 Å². The maximum atomic E-state index is 6.20. The van der Waals surface area contributed by atoms with Gasteiger partial charge in [0.25, 0.3) is 0 Å². The predicted octanol–water partition coefficient (Wildman–Crippen LogP) is 2.08. The molecule has 0 spiro atoms. The van der Waals surface area contributed by atoms with Crippen molar-refractivity contribution >= 4 is 29.9 Å². The van der Waals surface area contributed by atoms with Gasteiger partial charge in [-0.15, -0.1) is 24.0 Å². The molecule has 0 saturated carbocycles. The Morgan fingerprint density at radius 3 is 2.63 bits per heavy atom. The van der Waals surface area contributed by atoms with Crippen molar-refractivity contribution in [2.75, 3.05) is 66.1 Å². The van der Waals surface area contributed by atoms with Gasteiger partial charge in [0.1, 0.15) is 11.9 Å². The molecule has 170 valence electrons. The van der Waals surface area contributed by atoms with Crippen LogP contribution in [-0.4, -0.2) is 87.9 Å². The molecule has 2 aliphatic heterocycles. The first kappa shape index (κ1) is 25.2. The summed E-state index contributed by atoms with van der Waals surface area (Å²) in [5.41, 5.74) is 2.34. The topological polar surface area (TPSA) is 61.4 Å². The van der Waals surface area contributed by atoms with Crippen LogP contribution in [0.25, 0.3) is 0 Å². The molecule has 1 aromatic rings. The number of hydrogen-bond acceptors (Lipinski definition) is 5. The Morgan fingerprint density at radius 1 is 1.20 bits per heavy atom. The van der Waals surface area contributed by atoms with Crippen molar-refractivity contribution in [2.45, 2.75) is 32.9 Å². The van der Waals surface area contributed by atoms with Crippen LogP contribution in [0.2, 0.25) is 0 Å². The van der Waals surface area contributed by atoms with Crippen LogP contribution in [0, 0.1) is 6.92 Å². The first-order valence-electron chi connectivity index (χ1n) is 10.9. The molecule has 3 rings (SSSR count). The Labute approximate surface area is 198 Å². The van der Waals surface area contributed by atoms with Crippen molar-refractivity contribution in [1.82, 2.24) is 20.4 Å². The van der Waals surface area contributed by atoms with Gasteiger partial charge in [-0.05, 0) is 25.1 Å².